The monoisotopic (exact) mass is 421 g/mol. The van der Waals surface area contributed by atoms with Crippen LogP contribution in [0.5, 0.6) is 5.75 Å². The van der Waals surface area contributed by atoms with Crippen LogP contribution in [-0.4, -0.2) is 117 Å². The minimum absolute atomic E-state index is 0.0154. The highest BCUT2D eigenvalue weighted by Gasteiger charge is 2.27. The van der Waals surface area contributed by atoms with Gasteiger partial charge < -0.3 is 24.2 Å². The molecule has 2 atom stereocenters. The first kappa shape index (κ1) is 23.0. The Bertz CT molecular complexity index is 666. The van der Waals surface area contributed by atoms with Crippen LogP contribution in [0.3, 0.4) is 0 Å². The van der Waals surface area contributed by atoms with Gasteiger partial charge in [-0.2, -0.15) is 0 Å². The Hall–Kier alpha value is -1.71. The van der Waals surface area contributed by atoms with E-state index < -0.39 is 0 Å². The molecule has 30 heavy (non-hydrogen) atoms. The molecule has 2 aliphatic heterocycles. The van der Waals surface area contributed by atoms with E-state index in [0.717, 1.165) is 39.4 Å². The summed E-state index contributed by atoms with van der Waals surface area (Å²) in [6, 6.07) is 7.29. The molecule has 3 rings (SSSR count). The Kier molecular flexibility index (Phi) is 8.89. The van der Waals surface area contributed by atoms with Gasteiger partial charge in [-0.25, -0.2) is 0 Å². The second-order valence-electron chi connectivity index (χ2n) is 8.04. The van der Waals surface area contributed by atoms with Gasteiger partial charge in [-0.1, -0.05) is 6.07 Å². The third-order valence-electron chi connectivity index (χ3n) is 5.56. The molecule has 1 aromatic rings. The molecule has 0 saturated carbocycles. The van der Waals surface area contributed by atoms with Crippen molar-refractivity contribution in [2.24, 2.45) is 0 Å². The predicted molar refractivity (Wildman–Crippen MR) is 114 cm³/mol. The molecule has 0 bridgehead atoms. The molecule has 2 heterocycles. The lowest BCUT2D eigenvalue weighted by Gasteiger charge is -2.37. The number of amides is 1. The van der Waals surface area contributed by atoms with Gasteiger partial charge in [0.15, 0.2) is 0 Å². The average molecular weight is 422 g/mol. The molecule has 8 heteroatoms. The fraction of sp³-hybridized carbons (Fsp3) is 0.682. The summed E-state index contributed by atoms with van der Waals surface area (Å²) in [5.41, 5.74) is 0.618. The van der Waals surface area contributed by atoms with E-state index >= 15 is 0 Å². The number of carbonyl (C=O) groups excluding carboxylic acids is 1. The maximum absolute atomic E-state index is 13.3. The molecule has 0 radical (unpaired) electrons. The van der Waals surface area contributed by atoms with Crippen LogP contribution >= 0.6 is 0 Å². The standard InChI is InChI=1S/C22H35N3O5/c1-18(26)15-24-10-13-30-21(16-24)17-25(7-6-23-8-11-29-12-9-23)22(27)19-4-3-5-20(14-19)28-2/h3-5,14,18,21,26H,6-13,15-17H2,1-2H3. The van der Waals surface area contributed by atoms with E-state index in [1.807, 2.05) is 23.1 Å². The number of benzene rings is 1. The topological polar surface area (TPSA) is 74.7 Å². The molecular formula is C22H35N3O5. The van der Waals surface area contributed by atoms with Gasteiger partial charge in [0.2, 0.25) is 0 Å². The van der Waals surface area contributed by atoms with Gasteiger partial charge in [-0.15, -0.1) is 0 Å². The number of methoxy groups -OCH3 is 1. The van der Waals surface area contributed by atoms with Gasteiger partial charge in [0.05, 0.1) is 39.1 Å². The smallest absolute Gasteiger partial charge is 0.254 e. The fourth-order valence-corrected chi connectivity index (χ4v) is 3.98. The number of hydrogen-bond acceptors (Lipinski definition) is 7. The van der Waals surface area contributed by atoms with Crippen LogP contribution < -0.4 is 4.74 Å². The Morgan fingerprint density at radius 2 is 2.03 bits per heavy atom. The Balaban J connectivity index is 1.67. The summed E-state index contributed by atoms with van der Waals surface area (Å²) in [6.07, 6.45) is -0.448. The zero-order valence-electron chi connectivity index (χ0n) is 18.2. The molecule has 0 aromatic heterocycles. The zero-order valence-corrected chi connectivity index (χ0v) is 18.2. The van der Waals surface area contributed by atoms with E-state index in [0.29, 0.717) is 44.1 Å². The predicted octanol–water partition coefficient (Wildman–Crippen LogP) is 0.551. The van der Waals surface area contributed by atoms with Crippen molar-refractivity contribution in [2.45, 2.75) is 19.1 Å². The van der Waals surface area contributed by atoms with E-state index in [4.69, 9.17) is 14.2 Å². The molecule has 2 saturated heterocycles. The van der Waals surface area contributed by atoms with Crippen LogP contribution in [0, 0.1) is 0 Å². The number of carbonyl (C=O) groups is 1. The van der Waals surface area contributed by atoms with Gasteiger partial charge in [-0.3, -0.25) is 14.6 Å². The SMILES string of the molecule is COc1cccc(C(=O)N(CCN2CCOCC2)CC2CN(CC(C)O)CCO2)c1. The second-order valence-corrected chi connectivity index (χ2v) is 8.04. The highest BCUT2D eigenvalue weighted by Crippen LogP contribution is 2.16. The summed E-state index contributed by atoms with van der Waals surface area (Å²) in [5.74, 6) is 0.657. The molecule has 8 nitrogen and oxygen atoms in total. The van der Waals surface area contributed by atoms with Crippen molar-refractivity contribution >= 4 is 5.91 Å². The average Bonchev–Trinajstić information content (AvgIpc) is 2.76. The molecule has 0 aliphatic carbocycles. The Labute approximate surface area is 179 Å². The van der Waals surface area contributed by atoms with Crippen molar-refractivity contribution in [1.29, 1.82) is 0 Å². The quantitative estimate of drug-likeness (QED) is 0.624. The Morgan fingerprint density at radius 3 is 2.77 bits per heavy atom. The number of aliphatic hydroxyl groups is 1. The second kappa shape index (κ2) is 11.6. The molecule has 2 aliphatic rings. The summed E-state index contributed by atoms with van der Waals surface area (Å²) in [5, 5.41) is 9.71. The number of morpholine rings is 2. The highest BCUT2D eigenvalue weighted by atomic mass is 16.5. The third kappa shape index (κ3) is 6.92. The van der Waals surface area contributed by atoms with Crippen molar-refractivity contribution in [3.05, 3.63) is 29.8 Å². The van der Waals surface area contributed by atoms with Crippen LogP contribution in [0.25, 0.3) is 0 Å². The van der Waals surface area contributed by atoms with E-state index in [2.05, 4.69) is 9.80 Å². The van der Waals surface area contributed by atoms with Gasteiger partial charge in [-0.05, 0) is 25.1 Å². The zero-order chi connectivity index (χ0) is 21.3. The molecule has 1 N–H and O–H groups in total. The molecule has 2 fully saturated rings. The van der Waals surface area contributed by atoms with E-state index in [-0.39, 0.29) is 18.1 Å². The first-order valence-corrected chi connectivity index (χ1v) is 10.8. The molecule has 2 unspecified atom stereocenters. The normalized spacial score (nSPS) is 21.9. The number of nitrogens with zero attached hydrogens (tertiary/aromatic N) is 3. The molecule has 168 valence electrons. The largest absolute Gasteiger partial charge is 0.497 e. The number of hydrogen-bond donors (Lipinski definition) is 1. The highest BCUT2D eigenvalue weighted by molar-refractivity contribution is 5.94. The molecular weight excluding hydrogens is 386 g/mol. The van der Waals surface area contributed by atoms with Crippen molar-refractivity contribution in [3.8, 4) is 5.75 Å². The molecule has 1 amide bonds. The van der Waals surface area contributed by atoms with Gasteiger partial charge in [0.1, 0.15) is 5.75 Å². The van der Waals surface area contributed by atoms with E-state index in [1.165, 1.54) is 0 Å². The first-order chi connectivity index (χ1) is 14.5. The summed E-state index contributed by atoms with van der Waals surface area (Å²) in [4.78, 5) is 19.8. The maximum atomic E-state index is 13.3. The van der Waals surface area contributed by atoms with Crippen LogP contribution in [0.1, 0.15) is 17.3 Å². The van der Waals surface area contributed by atoms with Crippen LogP contribution in [0.4, 0.5) is 0 Å². The van der Waals surface area contributed by atoms with Crippen molar-refractivity contribution in [1.82, 2.24) is 14.7 Å². The van der Waals surface area contributed by atoms with Gasteiger partial charge in [0, 0.05) is 57.9 Å². The van der Waals surface area contributed by atoms with E-state index in [1.54, 1.807) is 20.1 Å². The minimum atomic E-state index is -0.375. The fourth-order valence-electron chi connectivity index (χ4n) is 3.98. The summed E-state index contributed by atoms with van der Waals surface area (Å²) in [7, 11) is 1.60. The van der Waals surface area contributed by atoms with Crippen molar-refractivity contribution in [3.63, 3.8) is 0 Å². The number of ether oxygens (including phenoxy) is 3. The molecule has 0 spiro atoms. The number of β-amino-alcohol motifs (C(OH)–C–C–N with tert-alkyl or cyclic N) is 1. The third-order valence-corrected chi connectivity index (χ3v) is 5.56. The van der Waals surface area contributed by atoms with Crippen molar-refractivity contribution < 1.29 is 24.1 Å². The summed E-state index contributed by atoms with van der Waals surface area (Å²) >= 11 is 0. The number of aliphatic hydroxyl groups excluding tert-OH is 1. The summed E-state index contributed by atoms with van der Waals surface area (Å²) < 4.78 is 16.7. The lowest BCUT2D eigenvalue weighted by molar-refractivity contribution is -0.0501. The van der Waals surface area contributed by atoms with Gasteiger partial charge >= 0.3 is 0 Å². The summed E-state index contributed by atoms with van der Waals surface area (Å²) in [6.45, 7) is 9.78. The lowest BCUT2D eigenvalue weighted by atomic mass is 10.1. The first-order valence-electron chi connectivity index (χ1n) is 10.8. The maximum Gasteiger partial charge on any atom is 0.254 e. The van der Waals surface area contributed by atoms with Crippen LogP contribution in [-0.2, 0) is 9.47 Å². The van der Waals surface area contributed by atoms with Crippen molar-refractivity contribution in [2.75, 3.05) is 79.3 Å². The Morgan fingerprint density at radius 1 is 1.27 bits per heavy atom. The minimum Gasteiger partial charge on any atom is -0.497 e. The van der Waals surface area contributed by atoms with Gasteiger partial charge in [0.25, 0.3) is 5.91 Å². The van der Waals surface area contributed by atoms with Crippen LogP contribution in [0.15, 0.2) is 24.3 Å². The lowest BCUT2D eigenvalue weighted by Crippen LogP contribution is -2.51. The van der Waals surface area contributed by atoms with Crippen LogP contribution in [0.2, 0.25) is 0 Å². The molecule has 1 aromatic carbocycles. The van der Waals surface area contributed by atoms with E-state index in [9.17, 15) is 9.90 Å². The number of rotatable bonds is 9.